The molecule has 5 nitrogen and oxygen atoms in total. The molecule has 0 atom stereocenters. The zero-order valence-electron chi connectivity index (χ0n) is 21.4. The van der Waals surface area contributed by atoms with E-state index >= 15 is 0 Å². The Kier molecular flexibility index (Phi) is 8.49. The van der Waals surface area contributed by atoms with Crippen LogP contribution in [0.2, 0.25) is 0 Å². The first-order valence-corrected chi connectivity index (χ1v) is 13.3. The molecule has 0 saturated carbocycles. The molecule has 6 heteroatoms. The Morgan fingerprint density at radius 1 is 0.917 bits per heavy atom. The van der Waals surface area contributed by atoms with Crippen molar-refractivity contribution in [1.29, 1.82) is 0 Å². The topological polar surface area (TPSA) is 56.2 Å². The predicted octanol–water partition coefficient (Wildman–Crippen LogP) is 6.77. The van der Waals surface area contributed by atoms with E-state index in [4.69, 9.17) is 9.72 Å². The number of aromatic nitrogens is 2. The van der Waals surface area contributed by atoms with Crippen molar-refractivity contribution in [3.05, 3.63) is 89.5 Å². The molecule has 4 rings (SSSR count). The quantitative estimate of drug-likeness (QED) is 0.193. The molecule has 0 bridgehead atoms. The lowest BCUT2D eigenvalue weighted by Gasteiger charge is -2.11. The number of nitrogens with zero attached hydrogens (tertiary/aromatic N) is 2. The fraction of sp³-hybridized carbons (Fsp3) is 0.267. The van der Waals surface area contributed by atoms with Crippen LogP contribution in [0.1, 0.15) is 34.8 Å². The van der Waals surface area contributed by atoms with Gasteiger partial charge in [0, 0.05) is 35.5 Å². The standard InChI is InChI=1S/C30H33N3O2S/c1-5-33-28(24-13-9-22(3)10-14-24)27(23-11-7-21(2)8-12-23)32-30(33)36-20-6-19-31-29(34)25-15-17-26(35-4)18-16-25/h7-18H,5-6,19-20H2,1-4H3,(H,31,34). The number of benzene rings is 3. The first kappa shape index (κ1) is 25.6. The monoisotopic (exact) mass is 499 g/mol. The molecule has 0 fully saturated rings. The number of hydrogen-bond donors (Lipinski definition) is 1. The van der Waals surface area contributed by atoms with Gasteiger partial charge < -0.3 is 14.6 Å². The summed E-state index contributed by atoms with van der Waals surface area (Å²) in [6.45, 7) is 7.82. The van der Waals surface area contributed by atoms with E-state index in [-0.39, 0.29) is 5.91 Å². The number of imidazole rings is 1. The van der Waals surface area contributed by atoms with Crippen LogP contribution in [0.5, 0.6) is 5.75 Å². The summed E-state index contributed by atoms with van der Waals surface area (Å²) in [7, 11) is 1.62. The van der Waals surface area contributed by atoms with Crippen LogP contribution in [0.4, 0.5) is 0 Å². The van der Waals surface area contributed by atoms with Gasteiger partial charge in [-0.3, -0.25) is 4.79 Å². The van der Waals surface area contributed by atoms with Crippen LogP contribution in [0.3, 0.4) is 0 Å². The Morgan fingerprint density at radius 2 is 1.53 bits per heavy atom. The Morgan fingerprint density at radius 3 is 2.11 bits per heavy atom. The van der Waals surface area contributed by atoms with Crippen molar-refractivity contribution in [3.63, 3.8) is 0 Å². The lowest BCUT2D eigenvalue weighted by Crippen LogP contribution is -2.24. The van der Waals surface area contributed by atoms with Gasteiger partial charge in [0.2, 0.25) is 0 Å². The third-order valence-corrected chi connectivity index (χ3v) is 7.15. The largest absolute Gasteiger partial charge is 0.497 e. The molecule has 1 aromatic heterocycles. The lowest BCUT2D eigenvalue weighted by molar-refractivity contribution is 0.0954. The summed E-state index contributed by atoms with van der Waals surface area (Å²) in [4.78, 5) is 17.5. The van der Waals surface area contributed by atoms with Crippen molar-refractivity contribution in [2.24, 2.45) is 0 Å². The molecule has 36 heavy (non-hydrogen) atoms. The highest BCUT2D eigenvalue weighted by Gasteiger charge is 2.19. The maximum Gasteiger partial charge on any atom is 0.251 e. The molecule has 4 aromatic rings. The number of rotatable bonds is 10. The first-order chi connectivity index (χ1) is 17.5. The number of thioether (sulfide) groups is 1. The normalized spacial score (nSPS) is 10.9. The highest BCUT2D eigenvalue weighted by molar-refractivity contribution is 7.99. The third-order valence-electron chi connectivity index (χ3n) is 6.09. The smallest absolute Gasteiger partial charge is 0.251 e. The van der Waals surface area contributed by atoms with E-state index in [1.165, 1.54) is 16.7 Å². The fourth-order valence-electron chi connectivity index (χ4n) is 4.03. The molecule has 186 valence electrons. The molecular formula is C30H33N3O2S. The second-order valence-electron chi connectivity index (χ2n) is 8.75. The first-order valence-electron chi connectivity index (χ1n) is 12.3. The number of carbonyl (C=O) groups excluding carboxylic acids is 1. The van der Waals surface area contributed by atoms with Crippen LogP contribution < -0.4 is 10.1 Å². The molecule has 0 unspecified atom stereocenters. The van der Waals surface area contributed by atoms with Gasteiger partial charge >= 0.3 is 0 Å². The summed E-state index contributed by atoms with van der Waals surface area (Å²) >= 11 is 1.74. The zero-order chi connectivity index (χ0) is 25.5. The lowest BCUT2D eigenvalue weighted by atomic mass is 10.0. The van der Waals surface area contributed by atoms with E-state index in [1.807, 2.05) is 0 Å². The summed E-state index contributed by atoms with van der Waals surface area (Å²) < 4.78 is 7.46. The number of methoxy groups -OCH3 is 1. The average molecular weight is 500 g/mol. The minimum Gasteiger partial charge on any atom is -0.497 e. The molecule has 0 aliphatic carbocycles. The molecule has 1 N–H and O–H groups in total. The average Bonchev–Trinajstić information content (AvgIpc) is 3.27. The summed E-state index contributed by atoms with van der Waals surface area (Å²) in [6.07, 6.45) is 0.850. The fourth-order valence-corrected chi connectivity index (χ4v) is 5.04. The number of hydrogen-bond acceptors (Lipinski definition) is 4. The Hall–Kier alpha value is -3.51. The number of amides is 1. The van der Waals surface area contributed by atoms with Crippen LogP contribution in [0.15, 0.2) is 78.0 Å². The zero-order valence-corrected chi connectivity index (χ0v) is 22.2. The molecule has 0 radical (unpaired) electrons. The Labute approximate surface area is 217 Å². The molecule has 3 aromatic carbocycles. The molecule has 0 saturated heterocycles. The van der Waals surface area contributed by atoms with Gasteiger partial charge in [-0.1, -0.05) is 71.4 Å². The highest BCUT2D eigenvalue weighted by Crippen LogP contribution is 2.36. The number of aryl methyl sites for hydroxylation is 2. The second kappa shape index (κ2) is 12.0. The summed E-state index contributed by atoms with van der Waals surface area (Å²) in [5.41, 5.74) is 7.56. The van der Waals surface area contributed by atoms with E-state index in [1.54, 1.807) is 43.1 Å². The minimum absolute atomic E-state index is 0.0685. The van der Waals surface area contributed by atoms with Crippen LogP contribution in [0, 0.1) is 13.8 Å². The van der Waals surface area contributed by atoms with Crippen molar-refractivity contribution < 1.29 is 9.53 Å². The highest BCUT2D eigenvalue weighted by atomic mass is 32.2. The van der Waals surface area contributed by atoms with Gasteiger partial charge in [0.1, 0.15) is 5.75 Å². The van der Waals surface area contributed by atoms with Crippen molar-refractivity contribution in [3.8, 4) is 28.3 Å². The minimum atomic E-state index is -0.0685. The van der Waals surface area contributed by atoms with Crippen LogP contribution in [-0.2, 0) is 6.54 Å². The third kappa shape index (κ3) is 6.00. The van der Waals surface area contributed by atoms with E-state index in [2.05, 4.69) is 79.2 Å². The number of ether oxygens (including phenoxy) is 1. The summed E-state index contributed by atoms with van der Waals surface area (Å²) in [6, 6.07) is 24.4. The predicted molar refractivity (Wildman–Crippen MR) is 149 cm³/mol. The summed E-state index contributed by atoms with van der Waals surface area (Å²) in [5, 5.41) is 4.01. The van der Waals surface area contributed by atoms with Gasteiger partial charge in [0.15, 0.2) is 5.16 Å². The van der Waals surface area contributed by atoms with E-state index in [9.17, 15) is 4.79 Å². The van der Waals surface area contributed by atoms with Gasteiger partial charge in [0.25, 0.3) is 5.91 Å². The Bertz CT molecular complexity index is 1290. The SMILES string of the molecule is CCn1c(SCCCNC(=O)c2ccc(OC)cc2)nc(-c2ccc(C)cc2)c1-c1ccc(C)cc1. The van der Waals surface area contributed by atoms with Crippen LogP contribution in [0.25, 0.3) is 22.5 Å². The maximum absolute atomic E-state index is 12.4. The maximum atomic E-state index is 12.4. The summed E-state index contributed by atoms with van der Waals surface area (Å²) in [5.74, 6) is 1.53. The van der Waals surface area contributed by atoms with Crippen molar-refractivity contribution in [1.82, 2.24) is 14.9 Å². The molecule has 1 amide bonds. The second-order valence-corrected chi connectivity index (χ2v) is 9.82. The van der Waals surface area contributed by atoms with Crippen LogP contribution in [-0.4, -0.2) is 34.9 Å². The van der Waals surface area contributed by atoms with Gasteiger partial charge in [-0.05, 0) is 51.5 Å². The molecular weight excluding hydrogens is 466 g/mol. The van der Waals surface area contributed by atoms with Crippen molar-refractivity contribution in [2.75, 3.05) is 19.4 Å². The Balaban J connectivity index is 1.47. The van der Waals surface area contributed by atoms with Gasteiger partial charge in [-0.15, -0.1) is 0 Å². The number of nitrogens with one attached hydrogen (secondary N) is 1. The van der Waals surface area contributed by atoms with Gasteiger partial charge in [0.05, 0.1) is 18.5 Å². The molecule has 0 spiro atoms. The molecule has 0 aliphatic rings. The molecule has 0 aliphatic heterocycles. The van der Waals surface area contributed by atoms with E-state index in [0.717, 1.165) is 46.6 Å². The van der Waals surface area contributed by atoms with Gasteiger partial charge in [-0.25, -0.2) is 4.98 Å². The number of carbonyl (C=O) groups is 1. The van der Waals surface area contributed by atoms with Crippen LogP contribution >= 0.6 is 11.8 Å². The molecule has 1 heterocycles. The van der Waals surface area contributed by atoms with Gasteiger partial charge in [-0.2, -0.15) is 0 Å². The van der Waals surface area contributed by atoms with Crippen molar-refractivity contribution in [2.45, 2.75) is 38.9 Å². The van der Waals surface area contributed by atoms with E-state index in [0.29, 0.717) is 12.1 Å². The van der Waals surface area contributed by atoms with Crippen molar-refractivity contribution >= 4 is 17.7 Å². The van der Waals surface area contributed by atoms with E-state index < -0.39 is 0 Å².